The van der Waals surface area contributed by atoms with Crippen molar-refractivity contribution in [1.82, 2.24) is 9.88 Å². The number of carbonyl (C=O) groups excluding carboxylic acids is 1. The van der Waals surface area contributed by atoms with Gasteiger partial charge < -0.3 is 10.0 Å². The summed E-state index contributed by atoms with van der Waals surface area (Å²) in [6.45, 7) is 2.14. The van der Waals surface area contributed by atoms with Gasteiger partial charge in [0.1, 0.15) is 5.69 Å². The first-order valence-corrected chi connectivity index (χ1v) is 6.96. The van der Waals surface area contributed by atoms with E-state index in [1.165, 1.54) is 12.8 Å². The van der Waals surface area contributed by atoms with Gasteiger partial charge in [-0.15, -0.1) is 0 Å². The number of hydrogen-bond acceptors (Lipinski definition) is 3. The molecule has 0 saturated heterocycles. The summed E-state index contributed by atoms with van der Waals surface area (Å²) in [5.41, 5.74) is 1.21. The minimum Gasteiger partial charge on any atom is -0.395 e. The van der Waals surface area contributed by atoms with Crippen LogP contribution in [0, 0.1) is 17.8 Å². The first kappa shape index (κ1) is 14.5. The Bertz CT molecular complexity index is 524. The molecule has 0 aliphatic heterocycles. The van der Waals surface area contributed by atoms with Crippen LogP contribution in [0.25, 0.3) is 0 Å². The molecule has 1 N–H and O–H groups in total. The molecule has 1 aliphatic carbocycles. The lowest BCUT2D eigenvalue weighted by molar-refractivity contribution is 0.0721. The maximum absolute atomic E-state index is 12.3. The van der Waals surface area contributed by atoms with Crippen LogP contribution >= 0.6 is 0 Å². The zero-order valence-electron chi connectivity index (χ0n) is 12.0. The van der Waals surface area contributed by atoms with E-state index in [0.29, 0.717) is 18.0 Å². The van der Waals surface area contributed by atoms with E-state index in [4.69, 9.17) is 5.11 Å². The van der Waals surface area contributed by atoms with Crippen LogP contribution in [-0.4, -0.2) is 40.6 Å². The molecule has 1 heterocycles. The van der Waals surface area contributed by atoms with E-state index in [0.717, 1.165) is 5.56 Å². The Labute approximate surface area is 119 Å². The molecule has 1 fully saturated rings. The second-order valence-corrected chi connectivity index (χ2v) is 5.20. The van der Waals surface area contributed by atoms with Gasteiger partial charge >= 0.3 is 0 Å². The predicted molar refractivity (Wildman–Crippen MR) is 77.1 cm³/mol. The van der Waals surface area contributed by atoms with Gasteiger partial charge in [-0.05, 0) is 37.8 Å². The van der Waals surface area contributed by atoms with E-state index in [1.54, 1.807) is 23.2 Å². The highest BCUT2D eigenvalue weighted by Gasteiger charge is 2.32. The molecule has 0 bridgehead atoms. The summed E-state index contributed by atoms with van der Waals surface area (Å²) in [6.07, 6.45) is 4.48. The summed E-state index contributed by atoms with van der Waals surface area (Å²) in [5, 5.41) is 8.66. The van der Waals surface area contributed by atoms with E-state index in [1.807, 2.05) is 7.05 Å². The predicted octanol–water partition coefficient (Wildman–Crippen LogP) is 1.69. The molecule has 1 amide bonds. The van der Waals surface area contributed by atoms with E-state index in [2.05, 4.69) is 23.7 Å². The first-order valence-electron chi connectivity index (χ1n) is 6.96. The maximum Gasteiger partial charge on any atom is 0.272 e. The van der Waals surface area contributed by atoms with Crippen LogP contribution in [0.15, 0.2) is 18.3 Å². The highest BCUT2D eigenvalue weighted by Crippen LogP contribution is 2.34. The standard InChI is InChI=1S/C16H20N2O2/c1-12(14-7-8-14)18(2)16(20)15-9-6-13(11-17-15)5-3-4-10-19/h6,9,11-12,14,19H,4,7-8,10H2,1-2H3. The van der Waals surface area contributed by atoms with E-state index in [9.17, 15) is 4.79 Å². The number of aliphatic hydroxyl groups is 1. The molecule has 0 aromatic carbocycles. The molecule has 1 aromatic rings. The fourth-order valence-corrected chi connectivity index (χ4v) is 2.08. The molecule has 0 spiro atoms. The van der Waals surface area contributed by atoms with Crippen molar-refractivity contribution in [2.24, 2.45) is 5.92 Å². The monoisotopic (exact) mass is 272 g/mol. The molecule has 2 rings (SSSR count). The number of aromatic nitrogens is 1. The minimum atomic E-state index is -0.0423. The molecule has 1 saturated carbocycles. The van der Waals surface area contributed by atoms with Crippen LogP contribution in [-0.2, 0) is 0 Å². The first-order chi connectivity index (χ1) is 9.63. The van der Waals surface area contributed by atoms with E-state index in [-0.39, 0.29) is 18.6 Å². The zero-order chi connectivity index (χ0) is 14.5. The fourth-order valence-electron chi connectivity index (χ4n) is 2.08. The van der Waals surface area contributed by atoms with Crippen LogP contribution in [0.2, 0.25) is 0 Å². The van der Waals surface area contributed by atoms with Crippen LogP contribution in [0.5, 0.6) is 0 Å². The molecule has 20 heavy (non-hydrogen) atoms. The number of pyridine rings is 1. The molecule has 1 aromatic heterocycles. The molecule has 0 radical (unpaired) electrons. The second-order valence-electron chi connectivity index (χ2n) is 5.20. The van der Waals surface area contributed by atoms with E-state index >= 15 is 0 Å². The molecule has 1 aliphatic rings. The van der Waals surface area contributed by atoms with Gasteiger partial charge in [0.25, 0.3) is 5.91 Å². The minimum absolute atomic E-state index is 0.0423. The molecule has 4 nitrogen and oxygen atoms in total. The van der Waals surface area contributed by atoms with Gasteiger partial charge in [-0.2, -0.15) is 0 Å². The van der Waals surface area contributed by atoms with Crippen molar-refractivity contribution in [3.8, 4) is 11.8 Å². The lowest BCUT2D eigenvalue weighted by Gasteiger charge is -2.24. The molecular weight excluding hydrogens is 252 g/mol. The third-order valence-electron chi connectivity index (χ3n) is 3.69. The third-order valence-corrected chi connectivity index (χ3v) is 3.69. The number of aliphatic hydroxyl groups excluding tert-OH is 1. The number of rotatable bonds is 4. The summed E-state index contributed by atoms with van der Waals surface area (Å²) in [6, 6.07) is 3.77. The lowest BCUT2D eigenvalue weighted by atomic mass is 10.1. The second kappa shape index (κ2) is 6.53. The van der Waals surface area contributed by atoms with Gasteiger partial charge in [0.2, 0.25) is 0 Å². The smallest absolute Gasteiger partial charge is 0.272 e. The number of carbonyl (C=O) groups is 1. The summed E-state index contributed by atoms with van der Waals surface area (Å²) < 4.78 is 0. The van der Waals surface area contributed by atoms with Crippen molar-refractivity contribution < 1.29 is 9.90 Å². The van der Waals surface area contributed by atoms with Crippen LogP contribution < -0.4 is 0 Å². The summed E-state index contributed by atoms with van der Waals surface area (Å²) in [7, 11) is 1.84. The Morgan fingerprint density at radius 1 is 1.55 bits per heavy atom. The Morgan fingerprint density at radius 2 is 2.30 bits per heavy atom. The Balaban J connectivity index is 2.02. The number of amides is 1. The zero-order valence-corrected chi connectivity index (χ0v) is 12.0. The largest absolute Gasteiger partial charge is 0.395 e. The quantitative estimate of drug-likeness (QED) is 0.849. The molecule has 1 atom stereocenters. The fraction of sp³-hybridized carbons (Fsp3) is 0.500. The van der Waals surface area contributed by atoms with Gasteiger partial charge in [0.05, 0.1) is 6.61 Å². The third kappa shape index (κ3) is 3.58. The lowest BCUT2D eigenvalue weighted by Crippen LogP contribution is -2.36. The van der Waals surface area contributed by atoms with Gasteiger partial charge in [0, 0.05) is 31.3 Å². The molecule has 106 valence electrons. The van der Waals surface area contributed by atoms with Crippen molar-refractivity contribution >= 4 is 5.91 Å². The van der Waals surface area contributed by atoms with Gasteiger partial charge in [-0.3, -0.25) is 4.79 Å². The average Bonchev–Trinajstić information content (AvgIpc) is 3.30. The van der Waals surface area contributed by atoms with Crippen LogP contribution in [0.1, 0.15) is 42.2 Å². The van der Waals surface area contributed by atoms with Crippen molar-refractivity contribution in [3.05, 3.63) is 29.6 Å². The van der Waals surface area contributed by atoms with Crippen molar-refractivity contribution in [2.45, 2.75) is 32.2 Å². The average molecular weight is 272 g/mol. The molecular formula is C16H20N2O2. The summed E-state index contributed by atoms with van der Waals surface area (Å²) in [4.78, 5) is 18.2. The topological polar surface area (TPSA) is 53.4 Å². The number of nitrogens with zero attached hydrogens (tertiary/aromatic N) is 2. The molecule has 1 unspecified atom stereocenters. The van der Waals surface area contributed by atoms with Gasteiger partial charge in [0.15, 0.2) is 0 Å². The van der Waals surface area contributed by atoms with E-state index < -0.39 is 0 Å². The maximum atomic E-state index is 12.3. The Kier molecular flexibility index (Phi) is 4.75. The van der Waals surface area contributed by atoms with Gasteiger partial charge in [-0.25, -0.2) is 4.98 Å². The van der Waals surface area contributed by atoms with Crippen LogP contribution in [0.4, 0.5) is 0 Å². The van der Waals surface area contributed by atoms with Crippen molar-refractivity contribution in [3.63, 3.8) is 0 Å². The summed E-state index contributed by atoms with van der Waals surface area (Å²) in [5.74, 6) is 6.33. The summed E-state index contributed by atoms with van der Waals surface area (Å²) >= 11 is 0. The van der Waals surface area contributed by atoms with Gasteiger partial charge in [-0.1, -0.05) is 11.8 Å². The highest BCUT2D eigenvalue weighted by atomic mass is 16.2. The van der Waals surface area contributed by atoms with Crippen molar-refractivity contribution in [1.29, 1.82) is 0 Å². The SMILES string of the molecule is CC(C1CC1)N(C)C(=O)c1ccc(C#CCCO)cn1. The molecule has 4 heteroatoms. The highest BCUT2D eigenvalue weighted by molar-refractivity contribution is 5.92. The van der Waals surface area contributed by atoms with Crippen molar-refractivity contribution in [2.75, 3.05) is 13.7 Å². The Morgan fingerprint density at radius 3 is 2.85 bits per heavy atom. The van der Waals surface area contributed by atoms with Crippen LogP contribution in [0.3, 0.4) is 0 Å². The normalized spacial score (nSPS) is 15.2. The Hall–Kier alpha value is -1.86. The number of hydrogen-bond donors (Lipinski definition) is 1.